The van der Waals surface area contributed by atoms with Crippen LogP contribution in [0.4, 0.5) is 5.69 Å². The lowest BCUT2D eigenvalue weighted by Gasteiger charge is -2.17. The minimum Gasteiger partial charge on any atom is -0.312 e. The summed E-state index contributed by atoms with van der Waals surface area (Å²) in [6.45, 7) is 0.805. The lowest BCUT2D eigenvalue weighted by Crippen LogP contribution is -2.27. The summed E-state index contributed by atoms with van der Waals surface area (Å²) in [5, 5.41) is 1.73. The third-order valence-corrected chi connectivity index (χ3v) is 3.79. The van der Waals surface area contributed by atoms with Crippen LogP contribution in [-0.4, -0.2) is 17.8 Å². The molecule has 2 rings (SSSR count). The van der Waals surface area contributed by atoms with Gasteiger partial charge in [0.25, 0.3) is 0 Å². The molecule has 2 nitrogen and oxygen atoms in total. The summed E-state index contributed by atoms with van der Waals surface area (Å²) in [5.41, 5.74) is 2.10. The number of carbonyl (C=O) groups excluding carboxylic acids is 1. The predicted molar refractivity (Wildman–Crippen MR) is 75.2 cm³/mol. The second-order valence-corrected chi connectivity index (χ2v) is 5.47. The Balaban J connectivity index is 2.03. The van der Waals surface area contributed by atoms with Gasteiger partial charge in [-0.1, -0.05) is 40.0 Å². The monoisotopic (exact) mass is 315 g/mol. The Kier molecular flexibility index (Phi) is 4.46. The highest BCUT2D eigenvalue weighted by Gasteiger charge is 2.26. The molecule has 1 aliphatic rings. The molecule has 17 heavy (non-hydrogen) atoms. The maximum Gasteiger partial charge on any atom is 0.231 e. The van der Waals surface area contributed by atoms with Gasteiger partial charge in [0, 0.05) is 22.6 Å². The van der Waals surface area contributed by atoms with Gasteiger partial charge in [-0.25, -0.2) is 0 Å². The van der Waals surface area contributed by atoms with E-state index in [1.165, 1.54) is 0 Å². The Morgan fingerprint density at radius 1 is 1.29 bits per heavy atom. The van der Waals surface area contributed by atoms with Gasteiger partial charge in [-0.05, 0) is 30.5 Å². The largest absolute Gasteiger partial charge is 0.312 e. The van der Waals surface area contributed by atoms with Gasteiger partial charge in [-0.2, -0.15) is 0 Å². The van der Waals surface area contributed by atoms with Crippen LogP contribution in [0, 0.1) is 0 Å². The van der Waals surface area contributed by atoms with Crippen molar-refractivity contribution >= 4 is 39.1 Å². The number of unbranched alkanes of at least 4 members (excludes halogenated alkanes) is 2. The maximum absolute atomic E-state index is 11.9. The first-order chi connectivity index (χ1) is 8.22. The topological polar surface area (TPSA) is 20.3 Å². The molecule has 1 aromatic rings. The first kappa shape index (κ1) is 12.9. The molecule has 0 aromatic heterocycles. The number of amides is 1. The van der Waals surface area contributed by atoms with Crippen molar-refractivity contribution in [1.82, 2.24) is 0 Å². The van der Waals surface area contributed by atoms with E-state index in [1.807, 2.05) is 23.1 Å². The second kappa shape index (κ2) is 5.87. The summed E-state index contributed by atoms with van der Waals surface area (Å²) >= 11 is 9.39. The number of rotatable bonds is 5. The Hall–Kier alpha value is -0.540. The Morgan fingerprint density at radius 3 is 2.88 bits per heavy atom. The highest BCUT2D eigenvalue weighted by Crippen LogP contribution is 2.31. The van der Waals surface area contributed by atoms with Gasteiger partial charge in [0.15, 0.2) is 0 Å². The highest BCUT2D eigenvalue weighted by molar-refractivity contribution is 9.09. The van der Waals surface area contributed by atoms with Gasteiger partial charge >= 0.3 is 0 Å². The number of hydrogen-bond acceptors (Lipinski definition) is 1. The van der Waals surface area contributed by atoms with Crippen molar-refractivity contribution < 1.29 is 4.79 Å². The molecule has 92 valence electrons. The van der Waals surface area contributed by atoms with Crippen molar-refractivity contribution in [3.05, 3.63) is 28.8 Å². The summed E-state index contributed by atoms with van der Waals surface area (Å²) in [6, 6.07) is 5.70. The van der Waals surface area contributed by atoms with Crippen molar-refractivity contribution in [3.63, 3.8) is 0 Å². The molecule has 1 amide bonds. The normalized spacial score (nSPS) is 14.2. The standard InChI is InChI=1S/C13H15BrClNO/c14-6-2-1-3-7-16-12-9-11(15)5-4-10(12)8-13(16)17/h4-5,9H,1-3,6-8H2. The third kappa shape index (κ3) is 3.02. The first-order valence-electron chi connectivity index (χ1n) is 5.87. The average Bonchev–Trinajstić information content (AvgIpc) is 2.61. The molecular weight excluding hydrogens is 302 g/mol. The van der Waals surface area contributed by atoms with Gasteiger partial charge in [0.05, 0.1) is 6.42 Å². The van der Waals surface area contributed by atoms with Crippen LogP contribution in [0.3, 0.4) is 0 Å². The van der Waals surface area contributed by atoms with Crippen LogP contribution in [-0.2, 0) is 11.2 Å². The zero-order valence-corrected chi connectivity index (χ0v) is 11.9. The maximum atomic E-state index is 11.9. The zero-order valence-electron chi connectivity index (χ0n) is 9.59. The zero-order chi connectivity index (χ0) is 12.3. The van der Waals surface area contributed by atoms with E-state index in [0.717, 1.165) is 42.4 Å². The van der Waals surface area contributed by atoms with E-state index in [9.17, 15) is 4.79 Å². The minimum atomic E-state index is 0.195. The van der Waals surface area contributed by atoms with E-state index < -0.39 is 0 Å². The number of fused-ring (bicyclic) bond motifs is 1. The number of halogens is 2. The summed E-state index contributed by atoms with van der Waals surface area (Å²) in [6.07, 6.45) is 3.86. The molecule has 0 radical (unpaired) electrons. The number of hydrogen-bond donors (Lipinski definition) is 0. The molecule has 0 atom stereocenters. The summed E-state index contributed by atoms with van der Waals surface area (Å²) in [4.78, 5) is 13.8. The fourth-order valence-electron chi connectivity index (χ4n) is 2.12. The molecule has 0 fully saturated rings. The Bertz CT molecular complexity index is 422. The smallest absolute Gasteiger partial charge is 0.231 e. The lowest BCUT2D eigenvalue weighted by atomic mass is 10.2. The molecule has 0 saturated carbocycles. The molecule has 0 bridgehead atoms. The Labute approximate surface area is 115 Å². The van der Waals surface area contributed by atoms with Gasteiger partial charge in [-0.15, -0.1) is 0 Å². The molecule has 0 spiro atoms. The van der Waals surface area contributed by atoms with Crippen molar-refractivity contribution in [3.8, 4) is 0 Å². The van der Waals surface area contributed by atoms with Crippen molar-refractivity contribution in [2.24, 2.45) is 0 Å². The van der Waals surface area contributed by atoms with E-state index in [0.29, 0.717) is 11.4 Å². The van der Waals surface area contributed by atoms with Crippen LogP contribution in [0.1, 0.15) is 24.8 Å². The van der Waals surface area contributed by atoms with E-state index in [2.05, 4.69) is 15.9 Å². The molecule has 1 aliphatic heterocycles. The number of alkyl halides is 1. The average molecular weight is 317 g/mol. The fraction of sp³-hybridized carbons (Fsp3) is 0.462. The molecule has 0 aliphatic carbocycles. The molecule has 1 heterocycles. The summed E-state index contributed by atoms with van der Waals surface area (Å²) < 4.78 is 0. The van der Waals surface area contributed by atoms with Crippen molar-refractivity contribution in [2.75, 3.05) is 16.8 Å². The minimum absolute atomic E-state index is 0.195. The molecular formula is C13H15BrClNO. The molecule has 0 unspecified atom stereocenters. The van der Waals surface area contributed by atoms with Crippen molar-refractivity contribution in [1.29, 1.82) is 0 Å². The predicted octanol–water partition coefficient (Wildman–Crippen LogP) is 3.79. The molecule has 4 heteroatoms. The van der Waals surface area contributed by atoms with E-state index in [-0.39, 0.29) is 5.91 Å². The van der Waals surface area contributed by atoms with Crippen LogP contribution in [0.2, 0.25) is 5.02 Å². The lowest BCUT2D eigenvalue weighted by molar-refractivity contribution is -0.117. The van der Waals surface area contributed by atoms with Gasteiger partial charge < -0.3 is 4.90 Å². The fourth-order valence-corrected chi connectivity index (χ4v) is 2.68. The van der Waals surface area contributed by atoms with E-state index in [1.54, 1.807) is 0 Å². The van der Waals surface area contributed by atoms with Crippen LogP contribution < -0.4 is 4.90 Å². The SMILES string of the molecule is O=C1Cc2ccc(Cl)cc2N1CCCCCBr. The quantitative estimate of drug-likeness (QED) is 0.598. The summed E-state index contributed by atoms with van der Waals surface area (Å²) in [5.74, 6) is 0.195. The van der Waals surface area contributed by atoms with Crippen LogP contribution >= 0.6 is 27.5 Å². The Morgan fingerprint density at radius 2 is 2.12 bits per heavy atom. The number of anilines is 1. The van der Waals surface area contributed by atoms with E-state index >= 15 is 0 Å². The van der Waals surface area contributed by atoms with Gasteiger partial charge in [0.1, 0.15) is 0 Å². The molecule has 0 N–H and O–H groups in total. The molecule has 1 aromatic carbocycles. The van der Waals surface area contributed by atoms with Crippen LogP contribution in [0.15, 0.2) is 18.2 Å². The number of nitrogens with zero attached hydrogens (tertiary/aromatic N) is 1. The van der Waals surface area contributed by atoms with E-state index in [4.69, 9.17) is 11.6 Å². The highest BCUT2D eigenvalue weighted by atomic mass is 79.9. The molecule has 0 saturated heterocycles. The van der Waals surface area contributed by atoms with Crippen LogP contribution in [0.5, 0.6) is 0 Å². The first-order valence-corrected chi connectivity index (χ1v) is 7.37. The van der Waals surface area contributed by atoms with Gasteiger partial charge in [-0.3, -0.25) is 4.79 Å². The summed E-state index contributed by atoms with van der Waals surface area (Å²) in [7, 11) is 0. The van der Waals surface area contributed by atoms with Gasteiger partial charge in [0.2, 0.25) is 5.91 Å². The second-order valence-electron chi connectivity index (χ2n) is 4.24. The van der Waals surface area contributed by atoms with Crippen LogP contribution in [0.25, 0.3) is 0 Å². The van der Waals surface area contributed by atoms with Crippen molar-refractivity contribution in [2.45, 2.75) is 25.7 Å². The number of carbonyl (C=O) groups is 1. The third-order valence-electron chi connectivity index (χ3n) is 3.00. The number of benzene rings is 1.